The molecule has 0 heterocycles. The molecule has 134 valence electrons. The Kier molecular flexibility index (Phi) is 4.40. The van der Waals surface area contributed by atoms with E-state index in [1.54, 1.807) is 31.4 Å². The first kappa shape index (κ1) is 16.4. The van der Waals surface area contributed by atoms with Gasteiger partial charge < -0.3 is 14.8 Å². The van der Waals surface area contributed by atoms with Gasteiger partial charge in [0.25, 0.3) is 5.91 Å². The lowest BCUT2D eigenvalue weighted by Gasteiger charge is -2.53. The van der Waals surface area contributed by atoms with Gasteiger partial charge >= 0.3 is 5.97 Å². The smallest absolute Gasteiger partial charge is 0.310 e. The first-order chi connectivity index (χ1) is 12.1. The molecule has 4 bridgehead atoms. The molecule has 0 aliphatic heterocycles. The predicted molar refractivity (Wildman–Crippen MR) is 93.1 cm³/mol. The zero-order valence-electron chi connectivity index (χ0n) is 14.6. The number of nitrogens with one attached hydrogen (secondary N) is 1. The van der Waals surface area contributed by atoms with Gasteiger partial charge in [0.15, 0.2) is 6.61 Å². The minimum Gasteiger partial charge on any atom is -0.497 e. The van der Waals surface area contributed by atoms with Gasteiger partial charge in [-0.2, -0.15) is 0 Å². The van der Waals surface area contributed by atoms with Gasteiger partial charge in [-0.15, -0.1) is 0 Å². The van der Waals surface area contributed by atoms with E-state index in [2.05, 4.69) is 5.32 Å². The Morgan fingerprint density at radius 3 is 2.16 bits per heavy atom. The fourth-order valence-corrected chi connectivity index (χ4v) is 5.41. The molecule has 0 aromatic heterocycles. The van der Waals surface area contributed by atoms with Crippen LogP contribution in [0.15, 0.2) is 24.3 Å². The fourth-order valence-electron chi connectivity index (χ4n) is 5.41. The van der Waals surface area contributed by atoms with Crippen LogP contribution in [0.4, 0.5) is 5.69 Å². The van der Waals surface area contributed by atoms with E-state index >= 15 is 0 Å². The fraction of sp³-hybridized carbons (Fsp3) is 0.600. The number of hydrogen-bond donors (Lipinski definition) is 1. The van der Waals surface area contributed by atoms with Crippen LogP contribution in [0, 0.1) is 29.6 Å². The number of hydrogen-bond acceptors (Lipinski definition) is 4. The zero-order chi connectivity index (χ0) is 17.4. The van der Waals surface area contributed by atoms with Crippen molar-refractivity contribution < 1.29 is 19.1 Å². The van der Waals surface area contributed by atoms with E-state index in [4.69, 9.17) is 9.47 Å². The summed E-state index contributed by atoms with van der Waals surface area (Å²) in [6.45, 7) is -0.215. The summed E-state index contributed by atoms with van der Waals surface area (Å²) in [5, 5.41) is 2.74. The highest BCUT2D eigenvalue weighted by Crippen LogP contribution is 2.56. The molecular formula is C20H25NO4. The summed E-state index contributed by atoms with van der Waals surface area (Å²) in [5.41, 5.74) is 0.663. The lowest BCUT2D eigenvalue weighted by molar-refractivity contribution is -0.164. The molecule has 0 spiro atoms. The van der Waals surface area contributed by atoms with Crippen LogP contribution >= 0.6 is 0 Å². The number of ether oxygens (including phenoxy) is 2. The van der Waals surface area contributed by atoms with Gasteiger partial charge in [-0.1, -0.05) is 0 Å². The number of methoxy groups -OCH3 is 1. The van der Waals surface area contributed by atoms with Crippen LogP contribution in [-0.4, -0.2) is 25.6 Å². The van der Waals surface area contributed by atoms with Crippen molar-refractivity contribution in [2.45, 2.75) is 32.1 Å². The summed E-state index contributed by atoms with van der Waals surface area (Å²) in [7, 11) is 1.59. The van der Waals surface area contributed by atoms with E-state index in [0.717, 1.165) is 17.6 Å². The van der Waals surface area contributed by atoms with E-state index in [1.807, 2.05) is 0 Å². The van der Waals surface area contributed by atoms with Crippen molar-refractivity contribution in [2.75, 3.05) is 19.0 Å². The van der Waals surface area contributed by atoms with Gasteiger partial charge in [0.1, 0.15) is 5.75 Å². The van der Waals surface area contributed by atoms with Crippen molar-refractivity contribution in [3.8, 4) is 5.75 Å². The molecule has 0 saturated heterocycles. The molecule has 4 aliphatic rings. The van der Waals surface area contributed by atoms with Crippen molar-refractivity contribution in [2.24, 2.45) is 29.6 Å². The van der Waals surface area contributed by atoms with Crippen LogP contribution < -0.4 is 10.1 Å². The Balaban J connectivity index is 1.29. The van der Waals surface area contributed by atoms with Crippen molar-refractivity contribution >= 4 is 17.6 Å². The van der Waals surface area contributed by atoms with E-state index in [-0.39, 0.29) is 24.4 Å². The quantitative estimate of drug-likeness (QED) is 0.834. The minimum atomic E-state index is -0.303. The Bertz CT molecular complexity index is 626. The zero-order valence-corrected chi connectivity index (χ0v) is 14.6. The summed E-state index contributed by atoms with van der Waals surface area (Å²) in [5.74, 6) is 2.88. The van der Waals surface area contributed by atoms with E-state index in [9.17, 15) is 9.59 Å². The summed E-state index contributed by atoms with van der Waals surface area (Å²) < 4.78 is 10.5. The van der Waals surface area contributed by atoms with Crippen LogP contribution in [0.1, 0.15) is 32.1 Å². The lowest BCUT2D eigenvalue weighted by atomic mass is 9.52. The Morgan fingerprint density at radius 2 is 1.60 bits per heavy atom. The van der Waals surface area contributed by atoms with E-state index in [1.165, 1.54) is 32.1 Å². The van der Waals surface area contributed by atoms with Gasteiger partial charge in [0, 0.05) is 5.69 Å². The van der Waals surface area contributed by atoms with E-state index < -0.39 is 0 Å². The first-order valence-electron chi connectivity index (χ1n) is 9.23. The van der Waals surface area contributed by atoms with Gasteiger partial charge in [0.2, 0.25) is 0 Å². The number of carbonyl (C=O) groups excluding carboxylic acids is 2. The van der Waals surface area contributed by atoms with Crippen LogP contribution in [0.3, 0.4) is 0 Å². The largest absolute Gasteiger partial charge is 0.497 e. The van der Waals surface area contributed by atoms with Crippen LogP contribution in [0.25, 0.3) is 0 Å². The number of rotatable bonds is 5. The molecule has 5 nitrogen and oxygen atoms in total. The third kappa shape index (κ3) is 3.37. The SMILES string of the molecule is COc1ccc(NC(=O)COC(=O)C2C3CC4CC(C3)CC2C4)cc1. The van der Waals surface area contributed by atoms with Crippen LogP contribution in [0.5, 0.6) is 5.75 Å². The summed E-state index contributed by atoms with van der Waals surface area (Å²) >= 11 is 0. The molecule has 4 aliphatic carbocycles. The highest BCUT2D eigenvalue weighted by Gasteiger charge is 2.51. The van der Waals surface area contributed by atoms with Gasteiger partial charge in [-0.05, 0) is 80.0 Å². The highest BCUT2D eigenvalue weighted by molar-refractivity contribution is 5.93. The Morgan fingerprint density at radius 1 is 1.00 bits per heavy atom. The third-order valence-corrected chi connectivity index (χ3v) is 6.22. The number of esters is 1. The number of carbonyl (C=O) groups is 2. The number of amides is 1. The molecule has 0 atom stereocenters. The van der Waals surface area contributed by atoms with Crippen molar-refractivity contribution in [3.63, 3.8) is 0 Å². The van der Waals surface area contributed by atoms with Crippen molar-refractivity contribution in [3.05, 3.63) is 24.3 Å². The number of anilines is 1. The molecule has 0 unspecified atom stereocenters. The minimum absolute atomic E-state index is 0.0154. The Labute approximate surface area is 148 Å². The topological polar surface area (TPSA) is 64.6 Å². The van der Waals surface area contributed by atoms with E-state index in [0.29, 0.717) is 17.5 Å². The van der Waals surface area contributed by atoms with Crippen LogP contribution in [-0.2, 0) is 14.3 Å². The maximum absolute atomic E-state index is 12.6. The average molecular weight is 343 g/mol. The molecule has 5 heteroatoms. The lowest BCUT2D eigenvalue weighted by Crippen LogP contribution is -2.48. The normalized spacial score (nSPS) is 32.3. The summed E-state index contributed by atoms with van der Waals surface area (Å²) in [6.07, 6.45) is 6.05. The molecule has 4 fully saturated rings. The maximum Gasteiger partial charge on any atom is 0.310 e. The third-order valence-electron chi connectivity index (χ3n) is 6.22. The highest BCUT2D eigenvalue weighted by atomic mass is 16.5. The second-order valence-corrected chi connectivity index (χ2v) is 7.84. The molecule has 1 aromatic carbocycles. The molecular weight excluding hydrogens is 318 g/mol. The maximum atomic E-state index is 12.6. The molecule has 5 rings (SSSR count). The molecule has 4 saturated carbocycles. The standard InChI is InChI=1S/C20H25NO4/c1-24-17-4-2-16(3-5-17)21-18(22)11-25-20(23)19-14-7-12-6-13(9-14)10-15(19)8-12/h2-5,12-15,19H,6-11H2,1H3,(H,21,22). The second kappa shape index (κ2) is 6.70. The summed E-state index contributed by atoms with van der Waals surface area (Å²) in [6, 6.07) is 7.07. The average Bonchev–Trinajstić information content (AvgIpc) is 2.60. The van der Waals surface area contributed by atoms with Gasteiger partial charge in [0.05, 0.1) is 13.0 Å². The van der Waals surface area contributed by atoms with Gasteiger partial charge in [-0.25, -0.2) is 0 Å². The molecule has 0 radical (unpaired) electrons. The second-order valence-electron chi connectivity index (χ2n) is 7.84. The van der Waals surface area contributed by atoms with Crippen molar-refractivity contribution in [1.29, 1.82) is 0 Å². The first-order valence-corrected chi connectivity index (χ1v) is 9.23. The van der Waals surface area contributed by atoms with Crippen molar-refractivity contribution in [1.82, 2.24) is 0 Å². The Hall–Kier alpha value is -2.04. The molecule has 25 heavy (non-hydrogen) atoms. The molecule has 1 aromatic rings. The summed E-state index contributed by atoms with van der Waals surface area (Å²) in [4.78, 5) is 24.6. The number of benzene rings is 1. The van der Waals surface area contributed by atoms with Gasteiger partial charge in [-0.3, -0.25) is 9.59 Å². The van der Waals surface area contributed by atoms with Crippen LogP contribution in [0.2, 0.25) is 0 Å². The molecule has 1 amide bonds. The molecule has 1 N–H and O–H groups in total. The monoisotopic (exact) mass is 343 g/mol. The predicted octanol–water partition coefficient (Wildman–Crippen LogP) is 3.25.